The number of carboxylic acids is 2. The van der Waals surface area contributed by atoms with E-state index in [9.17, 15) is 37.8 Å². The molecular weight excluding hydrogens is 571 g/mol. The minimum Gasteiger partial charge on any atom is -0.480 e. The lowest BCUT2D eigenvalue weighted by molar-refractivity contribution is -0.152. The minimum atomic E-state index is -3.74. The first-order chi connectivity index (χ1) is 17.5. The van der Waals surface area contributed by atoms with Crippen molar-refractivity contribution in [3.8, 4) is 0 Å². The van der Waals surface area contributed by atoms with Crippen LogP contribution in [0.2, 0.25) is 0 Å². The number of sulfonamides is 1. The number of amides is 2. The average molecular weight is 590 g/mol. The van der Waals surface area contributed by atoms with Crippen LogP contribution < -0.4 is 10.5 Å². The number of carbonyl (C=O) groups excluding carboxylic acids is 2. The molecule has 2 unspecified atom stereocenters. The SMILES string of the molecule is NS(=O)(=O)CCn1nnnc1SCC1=C(C(=O)O)N2C(=O)C(NC(=O)C(C(=O)O)c3cccs3)[C@H]2SC1. The molecule has 2 aromatic heterocycles. The van der Waals surface area contributed by atoms with E-state index in [-0.39, 0.29) is 28.9 Å². The smallest absolute Gasteiger partial charge is 0.352 e. The van der Waals surface area contributed by atoms with Crippen LogP contribution in [0.4, 0.5) is 0 Å². The summed E-state index contributed by atoms with van der Waals surface area (Å²) in [7, 11) is -3.74. The topological polar surface area (TPSA) is 228 Å². The maximum absolute atomic E-state index is 12.9. The number of thioether (sulfide) groups is 2. The fraction of sp³-hybridized carbons (Fsp3) is 0.389. The number of nitrogens with one attached hydrogen (secondary N) is 1. The molecule has 0 spiro atoms. The molecule has 15 nitrogen and oxygen atoms in total. The first-order valence-electron chi connectivity index (χ1n) is 10.3. The zero-order valence-electron chi connectivity index (χ0n) is 18.6. The van der Waals surface area contributed by atoms with Gasteiger partial charge in [0.25, 0.3) is 5.91 Å². The zero-order chi connectivity index (χ0) is 26.9. The molecule has 198 valence electrons. The molecular formula is C18H19N7O8S4. The molecule has 2 amide bonds. The number of nitrogens with zero attached hydrogens (tertiary/aromatic N) is 5. The predicted molar refractivity (Wildman–Crippen MR) is 131 cm³/mol. The summed E-state index contributed by atoms with van der Waals surface area (Å²) in [5, 5.41) is 39.0. The lowest BCUT2D eigenvalue weighted by Gasteiger charge is -2.49. The number of carboxylic acid groups (broad SMARTS) is 2. The van der Waals surface area contributed by atoms with Gasteiger partial charge in [-0.25, -0.2) is 23.0 Å². The predicted octanol–water partition coefficient (Wildman–Crippen LogP) is -1.28. The summed E-state index contributed by atoms with van der Waals surface area (Å²) in [4.78, 5) is 50.7. The summed E-state index contributed by atoms with van der Waals surface area (Å²) in [6.07, 6.45) is 0. The number of aliphatic carboxylic acids is 2. The Hall–Kier alpha value is -3.00. The first kappa shape index (κ1) is 27.0. The van der Waals surface area contributed by atoms with Gasteiger partial charge in [-0.2, -0.15) is 0 Å². The molecule has 0 aliphatic carbocycles. The number of aryl methyl sites for hydroxylation is 1. The van der Waals surface area contributed by atoms with Crippen LogP contribution >= 0.6 is 34.9 Å². The van der Waals surface area contributed by atoms with Crippen LogP contribution in [0.5, 0.6) is 0 Å². The van der Waals surface area contributed by atoms with E-state index >= 15 is 0 Å². The number of β-lactam (4-membered cyclic amide) rings is 1. The van der Waals surface area contributed by atoms with Crippen molar-refractivity contribution < 1.29 is 37.8 Å². The third kappa shape index (κ3) is 5.79. The molecule has 4 heterocycles. The van der Waals surface area contributed by atoms with Crippen LogP contribution in [0.1, 0.15) is 10.8 Å². The Morgan fingerprint density at radius 2 is 2.08 bits per heavy atom. The van der Waals surface area contributed by atoms with Gasteiger partial charge in [-0.3, -0.25) is 19.3 Å². The third-order valence-electron chi connectivity index (χ3n) is 5.35. The Morgan fingerprint density at radius 3 is 2.70 bits per heavy atom. The molecule has 2 aliphatic rings. The van der Waals surface area contributed by atoms with Gasteiger partial charge in [-0.05, 0) is 27.4 Å². The number of hydrogen-bond donors (Lipinski definition) is 4. The molecule has 19 heteroatoms. The maximum atomic E-state index is 12.9. The number of primary sulfonamides is 1. The minimum absolute atomic E-state index is 0.0926. The summed E-state index contributed by atoms with van der Waals surface area (Å²) >= 11 is 3.38. The van der Waals surface area contributed by atoms with Gasteiger partial charge < -0.3 is 15.5 Å². The Labute approximate surface area is 221 Å². The van der Waals surface area contributed by atoms with Crippen molar-refractivity contribution in [2.24, 2.45) is 5.14 Å². The second-order valence-corrected chi connectivity index (χ2v) is 12.5. The van der Waals surface area contributed by atoms with E-state index in [0.717, 1.165) is 28.0 Å². The third-order valence-corrected chi connectivity index (χ3v) is 9.42. The van der Waals surface area contributed by atoms with Gasteiger partial charge in [-0.1, -0.05) is 17.8 Å². The lowest BCUT2D eigenvalue weighted by atomic mass is 10.0. The van der Waals surface area contributed by atoms with Crippen LogP contribution in [0.25, 0.3) is 0 Å². The van der Waals surface area contributed by atoms with Crippen molar-refractivity contribution in [2.45, 2.75) is 29.0 Å². The second-order valence-electron chi connectivity index (χ2n) is 7.78. The molecule has 0 saturated carbocycles. The molecule has 0 aromatic carbocycles. The Morgan fingerprint density at radius 1 is 1.32 bits per heavy atom. The monoisotopic (exact) mass is 589 g/mol. The Kier molecular flexibility index (Phi) is 7.88. The van der Waals surface area contributed by atoms with Gasteiger partial charge >= 0.3 is 11.9 Å². The molecule has 5 N–H and O–H groups in total. The molecule has 0 bridgehead atoms. The van der Waals surface area contributed by atoms with Gasteiger partial charge in [-0.15, -0.1) is 28.2 Å². The molecule has 2 aliphatic heterocycles. The summed E-state index contributed by atoms with van der Waals surface area (Å²) in [5.41, 5.74) is 0.170. The number of tetrazole rings is 1. The quantitative estimate of drug-likeness (QED) is 0.136. The van der Waals surface area contributed by atoms with Crippen molar-refractivity contribution in [1.29, 1.82) is 0 Å². The van der Waals surface area contributed by atoms with Crippen LogP contribution in [0, 0.1) is 0 Å². The van der Waals surface area contributed by atoms with Crippen molar-refractivity contribution in [3.63, 3.8) is 0 Å². The summed E-state index contributed by atoms with van der Waals surface area (Å²) in [6.45, 7) is -0.0926. The van der Waals surface area contributed by atoms with E-state index in [1.165, 1.54) is 22.5 Å². The van der Waals surface area contributed by atoms with Crippen molar-refractivity contribution in [1.82, 2.24) is 30.4 Å². The van der Waals surface area contributed by atoms with E-state index in [1.807, 2.05) is 0 Å². The maximum Gasteiger partial charge on any atom is 0.352 e. The molecule has 1 fully saturated rings. The zero-order valence-corrected chi connectivity index (χ0v) is 21.8. The van der Waals surface area contributed by atoms with Gasteiger partial charge in [0.15, 0.2) is 5.92 Å². The largest absolute Gasteiger partial charge is 0.480 e. The van der Waals surface area contributed by atoms with E-state index in [4.69, 9.17) is 5.14 Å². The van der Waals surface area contributed by atoms with Crippen LogP contribution in [-0.2, 0) is 35.7 Å². The number of rotatable bonds is 11. The van der Waals surface area contributed by atoms with Crippen molar-refractivity contribution in [3.05, 3.63) is 33.7 Å². The highest BCUT2D eigenvalue weighted by Gasteiger charge is 2.54. The molecule has 4 rings (SSSR count). The number of thiophene rings is 1. The second kappa shape index (κ2) is 10.8. The van der Waals surface area contributed by atoms with Crippen LogP contribution in [-0.4, -0.2) is 96.2 Å². The van der Waals surface area contributed by atoms with Gasteiger partial charge in [0.2, 0.25) is 21.1 Å². The number of hydrogen-bond acceptors (Lipinski definition) is 12. The number of nitrogens with two attached hydrogens (primary N) is 1. The Balaban J connectivity index is 1.46. The fourth-order valence-corrected chi connectivity index (χ4v) is 7.29. The number of aromatic nitrogens is 4. The molecule has 2 aromatic rings. The summed E-state index contributed by atoms with van der Waals surface area (Å²) in [5.74, 6) is -5.81. The van der Waals surface area contributed by atoms with Crippen molar-refractivity contribution >= 4 is 68.6 Å². The fourth-order valence-electron chi connectivity index (χ4n) is 3.66. The molecule has 0 radical (unpaired) electrons. The van der Waals surface area contributed by atoms with Gasteiger partial charge in [0, 0.05) is 16.4 Å². The lowest BCUT2D eigenvalue weighted by Crippen LogP contribution is -2.71. The van der Waals surface area contributed by atoms with Gasteiger partial charge in [0.1, 0.15) is 17.1 Å². The Bertz CT molecular complexity index is 1370. The van der Waals surface area contributed by atoms with E-state index in [0.29, 0.717) is 10.5 Å². The van der Waals surface area contributed by atoms with Crippen LogP contribution in [0.3, 0.4) is 0 Å². The first-order valence-corrected chi connectivity index (χ1v) is 15.0. The molecule has 37 heavy (non-hydrogen) atoms. The highest BCUT2D eigenvalue weighted by atomic mass is 32.2. The van der Waals surface area contributed by atoms with E-state index in [1.54, 1.807) is 11.4 Å². The number of carbonyl (C=O) groups is 4. The van der Waals surface area contributed by atoms with Crippen molar-refractivity contribution in [2.75, 3.05) is 17.3 Å². The number of fused-ring (bicyclic) bond motifs is 1. The summed E-state index contributed by atoms with van der Waals surface area (Å²) in [6, 6.07) is 2.04. The van der Waals surface area contributed by atoms with E-state index < -0.39 is 56.9 Å². The molecule has 1 saturated heterocycles. The highest BCUT2D eigenvalue weighted by Crippen LogP contribution is 2.41. The highest BCUT2D eigenvalue weighted by molar-refractivity contribution is 8.01. The summed E-state index contributed by atoms with van der Waals surface area (Å²) < 4.78 is 23.6. The molecule has 3 atom stereocenters. The van der Waals surface area contributed by atoms with E-state index in [2.05, 4.69) is 20.8 Å². The van der Waals surface area contributed by atoms with Crippen LogP contribution in [0.15, 0.2) is 33.9 Å². The normalized spacial score (nSPS) is 20.2. The van der Waals surface area contributed by atoms with Gasteiger partial charge in [0.05, 0.1) is 12.3 Å². The average Bonchev–Trinajstić information content (AvgIpc) is 3.50. The standard InChI is InChI=1S/C18H19N7O8S4/c19-37(32,33)5-3-24-18(21-22-23-24)36-7-8-6-35-15-11(14(27)25(15)12(8)17(30)31)20-13(26)10(16(28)29)9-2-1-4-34-9/h1-2,4,10-11,15H,3,5-7H2,(H,20,26)(H,28,29)(H,30,31)(H2,19,32,33)/t10?,11?,15-/m1/s1.